The highest BCUT2D eigenvalue weighted by molar-refractivity contribution is 9.10. The summed E-state index contributed by atoms with van der Waals surface area (Å²) in [5, 5.41) is 4.59. The van der Waals surface area contributed by atoms with Gasteiger partial charge >= 0.3 is 0 Å². The van der Waals surface area contributed by atoms with Crippen molar-refractivity contribution in [2.24, 2.45) is 5.73 Å². The Kier molecular flexibility index (Phi) is 4.71. The van der Waals surface area contributed by atoms with Crippen molar-refractivity contribution in [3.05, 3.63) is 46.0 Å². The molecule has 0 radical (unpaired) electrons. The highest BCUT2D eigenvalue weighted by Crippen LogP contribution is 2.22. The minimum absolute atomic E-state index is 0.0419. The normalized spacial score (nSPS) is 12.6. The Bertz CT molecular complexity index is 550. The van der Waals surface area contributed by atoms with Crippen LogP contribution in [-0.2, 0) is 12.8 Å². The van der Waals surface area contributed by atoms with Crippen molar-refractivity contribution >= 4 is 15.9 Å². The lowest BCUT2D eigenvalue weighted by atomic mass is 10.1. The van der Waals surface area contributed by atoms with Crippen LogP contribution >= 0.6 is 15.9 Å². The quantitative estimate of drug-likeness (QED) is 0.920. The summed E-state index contributed by atoms with van der Waals surface area (Å²) in [6, 6.07) is 8.24. The van der Waals surface area contributed by atoms with Crippen LogP contribution in [0.25, 0.3) is 0 Å². The minimum Gasteiger partial charge on any atom is -0.328 e. The van der Waals surface area contributed by atoms with E-state index in [1.54, 1.807) is 0 Å². The van der Waals surface area contributed by atoms with Gasteiger partial charge in [-0.05, 0) is 17.7 Å². The van der Waals surface area contributed by atoms with E-state index in [1.165, 1.54) is 0 Å². The van der Waals surface area contributed by atoms with Gasteiger partial charge in [0.1, 0.15) is 5.82 Å². The summed E-state index contributed by atoms with van der Waals surface area (Å²) in [6.07, 6.45) is 1.70. The molecule has 0 saturated carbocycles. The first kappa shape index (κ1) is 14.2. The molecule has 4 nitrogen and oxygen atoms in total. The topological polar surface area (TPSA) is 56.7 Å². The number of rotatable bonds is 5. The van der Waals surface area contributed by atoms with Crippen LogP contribution in [0.2, 0.25) is 0 Å². The minimum atomic E-state index is 0.0419. The molecule has 0 amide bonds. The molecule has 0 spiro atoms. The molecule has 5 heteroatoms. The van der Waals surface area contributed by atoms with Crippen LogP contribution in [0.4, 0.5) is 0 Å². The molecular weight excluding hydrogens is 304 g/mol. The smallest absolute Gasteiger partial charge is 0.150 e. The van der Waals surface area contributed by atoms with E-state index in [0.29, 0.717) is 6.54 Å². The summed E-state index contributed by atoms with van der Waals surface area (Å²) in [7, 11) is 0. The third kappa shape index (κ3) is 3.04. The maximum Gasteiger partial charge on any atom is 0.150 e. The van der Waals surface area contributed by atoms with Crippen molar-refractivity contribution in [1.82, 2.24) is 14.8 Å². The van der Waals surface area contributed by atoms with Gasteiger partial charge in [-0.25, -0.2) is 9.67 Å². The number of nitrogens with zero attached hydrogens (tertiary/aromatic N) is 3. The van der Waals surface area contributed by atoms with E-state index in [1.807, 2.05) is 16.8 Å². The van der Waals surface area contributed by atoms with Crippen LogP contribution in [0, 0.1) is 0 Å². The summed E-state index contributed by atoms with van der Waals surface area (Å²) in [5.74, 6) is 1.87. The monoisotopic (exact) mass is 322 g/mol. The lowest BCUT2D eigenvalue weighted by Gasteiger charge is -2.17. The van der Waals surface area contributed by atoms with Gasteiger partial charge in [-0.1, -0.05) is 41.9 Å². The average molecular weight is 323 g/mol. The Morgan fingerprint density at radius 3 is 2.68 bits per heavy atom. The molecule has 2 rings (SSSR count). The van der Waals surface area contributed by atoms with Crippen LogP contribution in [0.5, 0.6) is 0 Å². The van der Waals surface area contributed by atoms with Crippen LogP contribution < -0.4 is 5.73 Å². The fourth-order valence-electron chi connectivity index (χ4n) is 2.14. The molecule has 0 aliphatic rings. The third-order valence-corrected chi connectivity index (χ3v) is 3.62. The maximum atomic E-state index is 5.96. The van der Waals surface area contributed by atoms with E-state index in [9.17, 15) is 0 Å². The van der Waals surface area contributed by atoms with Crippen LogP contribution in [-0.4, -0.2) is 21.3 Å². The highest BCUT2D eigenvalue weighted by atomic mass is 79.9. The van der Waals surface area contributed by atoms with Gasteiger partial charge in [0.25, 0.3) is 0 Å². The summed E-state index contributed by atoms with van der Waals surface area (Å²) in [4.78, 5) is 4.55. The predicted molar refractivity (Wildman–Crippen MR) is 80.1 cm³/mol. The van der Waals surface area contributed by atoms with Crippen LogP contribution in [0.1, 0.15) is 37.1 Å². The van der Waals surface area contributed by atoms with Crippen molar-refractivity contribution in [2.75, 3.05) is 6.54 Å². The Labute approximate surface area is 122 Å². The maximum absolute atomic E-state index is 5.96. The van der Waals surface area contributed by atoms with Gasteiger partial charge in [0.05, 0.1) is 6.04 Å². The number of halogens is 1. The van der Waals surface area contributed by atoms with Gasteiger partial charge in [0.15, 0.2) is 5.82 Å². The van der Waals surface area contributed by atoms with Crippen LogP contribution in [0.15, 0.2) is 28.7 Å². The molecule has 2 aromatic rings. The molecule has 1 atom stereocenters. The zero-order chi connectivity index (χ0) is 13.8. The second-order valence-corrected chi connectivity index (χ2v) is 5.32. The Morgan fingerprint density at radius 1 is 1.32 bits per heavy atom. The zero-order valence-corrected chi connectivity index (χ0v) is 12.9. The molecule has 1 heterocycles. The molecule has 0 aliphatic carbocycles. The fraction of sp³-hybridized carbons (Fsp3) is 0.429. The van der Waals surface area contributed by atoms with Crippen molar-refractivity contribution in [3.63, 3.8) is 0 Å². The molecular formula is C14H19BrN4. The highest BCUT2D eigenvalue weighted by Gasteiger charge is 2.18. The molecule has 0 fully saturated rings. The van der Waals surface area contributed by atoms with E-state index in [-0.39, 0.29) is 6.04 Å². The van der Waals surface area contributed by atoms with Gasteiger partial charge in [-0.3, -0.25) is 0 Å². The van der Waals surface area contributed by atoms with E-state index in [0.717, 1.165) is 34.5 Å². The molecule has 102 valence electrons. The molecule has 1 aromatic carbocycles. The first-order valence-electron chi connectivity index (χ1n) is 6.59. The molecule has 19 heavy (non-hydrogen) atoms. The van der Waals surface area contributed by atoms with Crippen molar-refractivity contribution < 1.29 is 0 Å². The van der Waals surface area contributed by atoms with Gasteiger partial charge in [-0.2, -0.15) is 5.10 Å². The first-order chi connectivity index (χ1) is 9.19. The lowest BCUT2D eigenvalue weighted by Crippen LogP contribution is -2.23. The molecule has 2 N–H and O–H groups in total. The average Bonchev–Trinajstić information content (AvgIpc) is 2.83. The summed E-state index contributed by atoms with van der Waals surface area (Å²) in [5.41, 5.74) is 7.11. The van der Waals surface area contributed by atoms with Crippen LogP contribution in [0.3, 0.4) is 0 Å². The second kappa shape index (κ2) is 6.30. The third-order valence-electron chi connectivity index (χ3n) is 3.13. The fourth-order valence-corrected chi connectivity index (χ4v) is 2.55. The number of hydrogen-bond acceptors (Lipinski definition) is 3. The molecule has 1 aromatic heterocycles. The molecule has 1 unspecified atom stereocenters. The standard InChI is InChI=1S/C14H19BrN4/c1-3-13-17-14(4-2)19(18-13)12(9-16)10-6-5-7-11(15)8-10/h5-8,12H,3-4,9,16H2,1-2H3. The van der Waals surface area contributed by atoms with E-state index in [4.69, 9.17) is 5.73 Å². The number of aryl methyl sites for hydroxylation is 2. The Morgan fingerprint density at radius 2 is 2.11 bits per heavy atom. The zero-order valence-electron chi connectivity index (χ0n) is 11.3. The van der Waals surface area contributed by atoms with E-state index < -0.39 is 0 Å². The second-order valence-electron chi connectivity index (χ2n) is 4.40. The van der Waals surface area contributed by atoms with Gasteiger partial charge in [0, 0.05) is 23.9 Å². The number of hydrogen-bond donors (Lipinski definition) is 1. The molecule has 0 saturated heterocycles. The van der Waals surface area contributed by atoms with Gasteiger partial charge in [0.2, 0.25) is 0 Å². The van der Waals surface area contributed by atoms with E-state index in [2.05, 4.69) is 52.0 Å². The summed E-state index contributed by atoms with van der Waals surface area (Å²) < 4.78 is 3.03. The Hall–Kier alpha value is -1.20. The summed E-state index contributed by atoms with van der Waals surface area (Å²) in [6.45, 7) is 4.67. The first-order valence-corrected chi connectivity index (χ1v) is 7.38. The predicted octanol–water partition coefficient (Wildman–Crippen LogP) is 2.71. The largest absolute Gasteiger partial charge is 0.328 e. The number of aromatic nitrogens is 3. The molecule has 0 bridgehead atoms. The SMILES string of the molecule is CCc1nc(CC)n(C(CN)c2cccc(Br)c2)n1. The van der Waals surface area contributed by atoms with Crippen molar-refractivity contribution in [3.8, 4) is 0 Å². The number of benzene rings is 1. The number of nitrogens with two attached hydrogens (primary N) is 1. The van der Waals surface area contributed by atoms with Crippen molar-refractivity contribution in [2.45, 2.75) is 32.7 Å². The van der Waals surface area contributed by atoms with Crippen molar-refractivity contribution in [1.29, 1.82) is 0 Å². The lowest BCUT2D eigenvalue weighted by molar-refractivity contribution is 0.505. The summed E-state index contributed by atoms with van der Waals surface area (Å²) >= 11 is 3.50. The molecule has 0 aliphatic heterocycles. The van der Waals surface area contributed by atoms with E-state index >= 15 is 0 Å². The van der Waals surface area contributed by atoms with Gasteiger partial charge < -0.3 is 5.73 Å². The Balaban J connectivity index is 2.44. The van der Waals surface area contributed by atoms with Gasteiger partial charge in [-0.15, -0.1) is 0 Å².